The lowest BCUT2D eigenvalue weighted by molar-refractivity contribution is -0.0156. The number of ether oxygens (including phenoxy) is 2. The summed E-state index contributed by atoms with van der Waals surface area (Å²) in [6.45, 7) is 7.03. The molecule has 0 fully saturated rings. The topological polar surface area (TPSA) is 74.2 Å². The highest BCUT2D eigenvalue weighted by Crippen LogP contribution is 2.43. The molecule has 0 saturated carbocycles. The van der Waals surface area contributed by atoms with Crippen molar-refractivity contribution < 1.29 is 28.0 Å². The number of phosphoric acid groups is 1. The summed E-state index contributed by atoms with van der Waals surface area (Å²) in [4.78, 5) is 9.35. The van der Waals surface area contributed by atoms with E-state index in [1.54, 1.807) is 6.08 Å². The minimum Gasteiger partial charge on any atom is -0.379 e. The van der Waals surface area contributed by atoms with Crippen LogP contribution in [0.15, 0.2) is 12.7 Å². The summed E-state index contributed by atoms with van der Waals surface area (Å²) >= 11 is 0. The fourth-order valence-electron chi connectivity index (χ4n) is 1.82. The van der Waals surface area contributed by atoms with Crippen LogP contribution in [-0.4, -0.2) is 44.5 Å². The summed E-state index contributed by atoms with van der Waals surface area (Å²) in [5.41, 5.74) is 0. The quantitative estimate of drug-likeness (QED) is 0.263. The van der Waals surface area contributed by atoms with Gasteiger partial charge in [-0.05, 0) is 6.42 Å². The van der Waals surface area contributed by atoms with Crippen LogP contribution in [0.4, 0.5) is 0 Å². The highest BCUT2D eigenvalue weighted by Gasteiger charge is 2.25. The first kappa shape index (κ1) is 21.8. The Hall–Kier alpha value is -0.230. The van der Waals surface area contributed by atoms with Gasteiger partial charge in [-0.25, -0.2) is 4.57 Å². The van der Waals surface area contributed by atoms with E-state index in [0.29, 0.717) is 13.2 Å². The molecular weight excluding hydrogens is 307 g/mol. The maximum Gasteiger partial charge on any atom is 0.472 e. The first-order chi connectivity index (χ1) is 10.6. The Morgan fingerprint density at radius 1 is 1.14 bits per heavy atom. The summed E-state index contributed by atoms with van der Waals surface area (Å²) < 4.78 is 31.6. The van der Waals surface area contributed by atoms with Gasteiger partial charge < -0.3 is 14.4 Å². The standard InChI is InChI=1S/C15H31O6P/c1-4-6-7-8-9-10-12-20-14-15(13-19-11-5-2)21-22(16,17)18-3/h5,15H,2,4,6-14H2,1,3H3,(H,16,17). The third kappa shape index (κ3) is 13.4. The van der Waals surface area contributed by atoms with Crippen LogP contribution in [-0.2, 0) is 23.1 Å². The van der Waals surface area contributed by atoms with Gasteiger partial charge in [0.2, 0.25) is 0 Å². The van der Waals surface area contributed by atoms with Crippen LogP contribution in [0.1, 0.15) is 45.4 Å². The van der Waals surface area contributed by atoms with Crippen LogP contribution in [0, 0.1) is 0 Å². The number of unbranched alkanes of at least 4 members (excludes halogenated alkanes) is 5. The van der Waals surface area contributed by atoms with E-state index in [1.165, 1.54) is 25.7 Å². The van der Waals surface area contributed by atoms with Gasteiger partial charge in [-0.1, -0.05) is 45.1 Å². The van der Waals surface area contributed by atoms with Crippen molar-refractivity contribution >= 4 is 7.82 Å². The molecule has 0 aliphatic rings. The molecule has 7 heteroatoms. The van der Waals surface area contributed by atoms with Gasteiger partial charge in [0.25, 0.3) is 0 Å². The summed E-state index contributed by atoms with van der Waals surface area (Å²) in [5, 5.41) is 0. The molecule has 2 atom stereocenters. The summed E-state index contributed by atoms with van der Waals surface area (Å²) in [7, 11) is -2.91. The van der Waals surface area contributed by atoms with Gasteiger partial charge in [0.1, 0.15) is 6.10 Å². The van der Waals surface area contributed by atoms with Crippen molar-refractivity contribution in [3.8, 4) is 0 Å². The SMILES string of the molecule is C=CCOCC(COCCCCCCCC)OP(=O)(O)OC. The van der Waals surface area contributed by atoms with Gasteiger partial charge in [0.05, 0.1) is 19.8 Å². The monoisotopic (exact) mass is 338 g/mol. The van der Waals surface area contributed by atoms with Crippen molar-refractivity contribution in [2.75, 3.05) is 33.5 Å². The summed E-state index contributed by atoms with van der Waals surface area (Å²) in [6, 6.07) is 0. The Bertz CT molecular complexity index is 310. The Balaban J connectivity index is 3.87. The highest BCUT2D eigenvalue weighted by molar-refractivity contribution is 7.47. The van der Waals surface area contributed by atoms with Gasteiger partial charge in [-0.2, -0.15) is 0 Å². The van der Waals surface area contributed by atoms with Crippen LogP contribution in [0.25, 0.3) is 0 Å². The Kier molecular flexibility index (Phi) is 14.2. The minimum absolute atomic E-state index is 0.149. The molecule has 0 spiro atoms. The molecule has 0 radical (unpaired) electrons. The first-order valence-corrected chi connectivity index (χ1v) is 9.38. The maximum absolute atomic E-state index is 11.4. The third-order valence-corrected chi connectivity index (χ3v) is 4.02. The minimum atomic E-state index is -4.04. The van der Waals surface area contributed by atoms with Crippen LogP contribution in [0.2, 0.25) is 0 Å². The van der Waals surface area contributed by atoms with Crippen LogP contribution in [0.3, 0.4) is 0 Å². The lowest BCUT2D eigenvalue weighted by Gasteiger charge is -2.19. The fraction of sp³-hybridized carbons (Fsp3) is 0.867. The Labute approximate surface area is 134 Å². The second-order valence-electron chi connectivity index (χ2n) is 5.05. The average Bonchev–Trinajstić information content (AvgIpc) is 2.49. The van der Waals surface area contributed by atoms with Crippen LogP contribution < -0.4 is 0 Å². The summed E-state index contributed by atoms with van der Waals surface area (Å²) in [6.07, 6.45) is 8.06. The zero-order valence-corrected chi connectivity index (χ0v) is 14.8. The molecule has 2 unspecified atom stereocenters. The molecular formula is C15H31O6P. The Morgan fingerprint density at radius 3 is 2.41 bits per heavy atom. The number of hydrogen-bond donors (Lipinski definition) is 1. The van der Waals surface area contributed by atoms with Crippen molar-refractivity contribution in [1.82, 2.24) is 0 Å². The van der Waals surface area contributed by atoms with Gasteiger partial charge in [-0.3, -0.25) is 9.05 Å². The van der Waals surface area contributed by atoms with Crippen molar-refractivity contribution in [2.45, 2.75) is 51.6 Å². The lowest BCUT2D eigenvalue weighted by atomic mass is 10.1. The second-order valence-corrected chi connectivity index (χ2v) is 6.56. The molecule has 0 rings (SSSR count). The maximum atomic E-state index is 11.4. The molecule has 0 bridgehead atoms. The van der Waals surface area contributed by atoms with E-state index in [4.69, 9.17) is 14.0 Å². The molecule has 0 amide bonds. The van der Waals surface area contributed by atoms with E-state index in [1.807, 2.05) is 0 Å². The highest BCUT2D eigenvalue weighted by atomic mass is 31.2. The smallest absolute Gasteiger partial charge is 0.379 e. The molecule has 0 aromatic carbocycles. The molecule has 0 saturated heterocycles. The van der Waals surface area contributed by atoms with Gasteiger partial charge >= 0.3 is 7.82 Å². The van der Waals surface area contributed by atoms with Crippen molar-refractivity contribution in [1.29, 1.82) is 0 Å². The van der Waals surface area contributed by atoms with Crippen LogP contribution in [0.5, 0.6) is 0 Å². The predicted molar refractivity (Wildman–Crippen MR) is 86.9 cm³/mol. The van der Waals surface area contributed by atoms with E-state index in [0.717, 1.165) is 20.0 Å². The largest absolute Gasteiger partial charge is 0.472 e. The molecule has 0 aromatic rings. The van der Waals surface area contributed by atoms with E-state index < -0.39 is 13.9 Å². The zero-order chi connectivity index (χ0) is 16.7. The normalized spacial score (nSPS) is 15.4. The van der Waals surface area contributed by atoms with Crippen molar-refractivity contribution in [2.24, 2.45) is 0 Å². The summed E-state index contributed by atoms with van der Waals surface area (Å²) in [5.74, 6) is 0. The molecule has 1 N–H and O–H groups in total. The predicted octanol–water partition coefficient (Wildman–Crippen LogP) is 3.70. The van der Waals surface area contributed by atoms with E-state index in [-0.39, 0.29) is 13.2 Å². The molecule has 0 aliphatic carbocycles. The zero-order valence-electron chi connectivity index (χ0n) is 13.9. The molecule has 22 heavy (non-hydrogen) atoms. The number of phosphoric ester groups is 1. The molecule has 6 nitrogen and oxygen atoms in total. The second kappa shape index (κ2) is 14.4. The Morgan fingerprint density at radius 2 is 1.77 bits per heavy atom. The molecule has 0 aromatic heterocycles. The van der Waals surface area contributed by atoms with E-state index >= 15 is 0 Å². The van der Waals surface area contributed by atoms with Crippen molar-refractivity contribution in [3.05, 3.63) is 12.7 Å². The molecule has 0 heterocycles. The number of rotatable bonds is 16. The molecule has 132 valence electrons. The van der Waals surface area contributed by atoms with E-state index in [9.17, 15) is 9.46 Å². The average molecular weight is 338 g/mol. The lowest BCUT2D eigenvalue weighted by Crippen LogP contribution is -2.25. The number of hydrogen-bond acceptors (Lipinski definition) is 5. The fourth-order valence-corrected chi connectivity index (χ4v) is 2.41. The van der Waals surface area contributed by atoms with Crippen LogP contribution >= 0.6 is 7.82 Å². The molecule has 0 aliphatic heterocycles. The first-order valence-electron chi connectivity index (χ1n) is 7.89. The van der Waals surface area contributed by atoms with Gasteiger partial charge in [0.15, 0.2) is 0 Å². The van der Waals surface area contributed by atoms with Gasteiger partial charge in [-0.15, -0.1) is 6.58 Å². The van der Waals surface area contributed by atoms with Crippen molar-refractivity contribution in [3.63, 3.8) is 0 Å². The van der Waals surface area contributed by atoms with E-state index in [2.05, 4.69) is 18.0 Å². The van der Waals surface area contributed by atoms with Gasteiger partial charge in [0, 0.05) is 13.7 Å². The third-order valence-electron chi connectivity index (χ3n) is 3.00.